The molecule has 0 saturated carbocycles. The zero-order valence-electron chi connectivity index (χ0n) is 14.5. The summed E-state index contributed by atoms with van der Waals surface area (Å²) in [5, 5.41) is 1.18. The van der Waals surface area contributed by atoms with Gasteiger partial charge in [0.2, 0.25) is 0 Å². The molecule has 2 heterocycles. The number of aromatic amines is 1. The maximum atomic E-state index is 12.5. The van der Waals surface area contributed by atoms with Crippen LogP contribution in [0.4, 0.5) is 0 Å². The van der Waals surface area contributed by atoms with Crippen molar-refractivity contribution in [3.05, 3.63) is 77.0 Å². The minimum Gasteiger partial charge on any atom is -0.358 e. The lowest BCUT2D eigenvalue weighted by Crippen LogP contribution is -2.35. The van der Waals surface area contributed by atoms with Crippen molar-refractivity contribution in [2.45, 2.75) is 19.9 Å². The van der Waals surface area contributed by atoms with Crippen molar-refractivity contribution in [3.63, 3.8) is 0 Å². The minimum absolute atomic E-state index is 0.272. The molecule has 0 unspecified atom stereocenters. The number of carbonyl (C=O) groups excluding carboxylic acids is 1. The highest BCUT2D eigenvalue weighted by Gasteiger charge is 2.22. The largest absolute Gasteiger partial charge is 0.358 e. The number of aryl methyl sites for hydroxylation is 1. The third kappa shape index (κ3) is 3.28. The third-order valence-corrected chi connectivity index (χ3v) is 4.92. The summed E-state index contributed by atoms with van der Waals surface area (Å²) in [7, 11) is 0. The summed E-state index contributed by atoms with van der Waals surface area (Å²) in [5.41, 5.74) is 5.58. The molecule has 1 saturated heterocycles. The molecular weight excluding hydrogens is 308 g/mol. The molecule has 3 heteroatoms. The third-order valence-electron chi connectivity index (χ3n) is 4.92. The number of H-pyrrole nitrogens is 1. The molecule has 1 aromatic heterocycles. The molecule has 0 radical (unpaired) electrons. The van der Waals surface area contributed by atoms with Crippen LogP contribution in [0.3, 0.4) is 0 Å². The number of ketones is 1. The van der Waals surface area contributed by atoms with E-state index in [2.05, 4.69) is 59.3 Å². The summed E-state index contributed by atoms with van der Waals surface area (Å²) in [6.07, 6.45) is 2.69. The van der Waals surface area contributed by atoms with E-state index in [-0.39, 0.29) is 5.78 Å². The van der Waals surface area contributed by atoms with Crippen LogP contribution >= 0.6 is 0 Å². The zero-order chi connectivity index (χ0) is 17.2. The second-order valence-electron chi connectivity index (χ2n) is 6.75. The first-order valence-electron chi connectivity index (χ1n) is 8.78. The molecule has 0 bridgehead atoms. The van der Waals surface area contributed by atoms with Crippen LogP contribution in [0.1, 0.15) is 23.2 Å². The van der Waals surface area contributed by atoms with Crippen molar-refractivity contribution < 1.29 is 4.79 Å². The van der Waals surface area contributed by atoms with Gasteiger partial charge in [-0.15, -0.1) is 0 Å². The Labute approximate surface area is 148 Å². The van der Waals surface area contributed by atoms with Gasteiger partial charge in [-0.05, 0) is 24.6 Å². The van der Waals surface area contributed by atoms with E-state index in [0.717, 1.165) is 35.4 Å². The van der Waals surface area contributed by atoms with Gasteiger partial charge in [0.25, 0.3) is 0 Å². The molecule has 3 aromatic rings. The van der Waals surface area contributed by atoms with Crippen LogP contribution < -0.4 is 0 Å². The van der Waals surface area contributed by atoms with E-state index in [0.29, 0.717) is 13.0 Å². The topological polar surface area (TPSA) is 36.1 Å². The average Bonchev–Trinajstić information content (AvgIpc) is 2.94. The number of rotatable bonds is 3. The number of hydrogen-bond acceptors (Lipinski definition) is 2. The number of nitrogens with one attached hydrogen (secondary N) is 1. The van der Waals surface area contributed by atoms with Crippen molar-refractivity contribution in [2.24, 2.45) is 0 Å². The quantitative estimate of drug-likeness (QED) is 0.725. The number of nitrogens with zero attached hydrogens (tertiary/aromatic N) is 1. The fraction of sp³-hybridized carbons (Fsp3) is 0.227. The van der Waals surface area contributed by atoms with Crippen molar-refractivity contribution >= 4 is 22.8 Å². The van der Waals surface area contributed by atoms with Crippen LogP contribution in [-0.4, -0.2) is 28.8 Å². The molecule has 126 valence electrons. The van der Waals surface area contributed by atoms with Gasteiger partial charge in [0.05, 0.1) is 0 Å². The Hall–Kier alpha value is -2.65. The molecular formula is C22H22N2O. The number of likely N-dealkylation sites (tertiary alicyclic amines) is 1. The monoisotopic (exact) mass is 330 g/mol. The lowest BCUT2D eigenvalue weighted by Gasteiger charge is -2.27. The van der Waals surface area contributed by atoms with Gasteiger partial charge >= 0.3 is 0 Å². The fourth-order valence-electron chi connectivity index (χ4n) is 3.59. The molecule has 3 nitrogen and oxygen atoms in total. The van der Waals surface area contributed by atoms with Crippen LogP contribution in [0, 0.1) is 6.92 Å². The predicted molar refractivity (Wildman–Crippen MR) is 102 cm³/mol. The van der Waals surface area contributed by atoms with Crippen molar-refractivity contribution in [1.82, 2.24) is 9.88 Å². The highest BCUT2D eigenvalue weighted by Crippen LogP contribution is 2.26. The Morgan fingerprint density at radius 3 is 2.68 bits per heavy atom. The van der Waals surface area contributed by atoms with Crippen LogP contribution in [0.2, 0.25) is 0 Å². The SMILES string of the molecule is Cc1[nH]c2ccccc2c1/C=C1\CN(Cc2ccccc2)CCC1=O. The summed E-state index contributed by atoms with van der Waals surface area (Å²) in [5.74, 6) is 0.272. The summed E-state index contributed by atoms with van der Waals surface area (Å²) < 4.78 is 0. The molecule has 2 aromatic carbocycles. The number of para-hydroxylation sites is 1. The molecule has 0 aliphatic carbocycles. The number of fused-ring (bicyclic) bond motifs is 1. The number of piperidine rings is 1. The van der Waals surface area contributed by atoms with E-state index in [1.54, 1.807) is 0 Å². The van der Waals surface area contributed by atoms with Gasteiger partial charge in [0.1, 0.15) is 0 Å². The molecule has 0 spiro atoms. The Bertz CT molecular complexity index is 937. The van der Waals surface area contributed by atoms with Crippen LogP contribution in [-0.2, 0) is 11.3 Å². The maximum Gasteiger partial charge on any atom is 0.161 e. The number of benzene rings is 2. The molecule has 25 heavy (non-hydrogen) atoms. The van der Waals surface area contributed by atoms with Gasteiger partial charge in [-0.25, -0.2) is 0 Å². The fourth-order valence-corrected chi connectivity index (χ4v) is 3.59. The van der Waals surface area contributed by atoms with Crippen LogP contribution in [0.25, 0.3) is 17.0 Å². The smallest absolute Gasteiger partial charge is 0.161 e. The van der Waals surface area contributed by atoms with Gasteiger partial charge < -0.3 is 4.98 Å². The van der Waals surface area contributed by atoms with Gasteiger partial charge in [0, 0.05) is 53.8 Å². The summed E-state index contributed by atoms with van der Waals surface area (Å²) in [6, 6.07) is 18.7. The van der Waals surface area contributed by atoms with Crippen LogP contribution in [0.5, 0.6) is 0 Å². The lowest BCUT2D eigenvalue weighted by atomic mass is 9.98. The summed E-state index contributed by atoms with van der Waals surface area (Å²) in [6.45, 7) is 4.50. The molecule has 0 amide bonds. The molecule has 1 fully saturated rings. The van der Waals surface area contributed by atoms with Crippen molar-refractivity contribution in [3.8, 4) is 0 Å². The Balaban J connectivity index is 1.62. The van der Waals surface area contributed by atoms with Gasteiger partial charge in [-0.1, -0.05) is 48.5 Å². The standard InChI is InChI=1S/C22H22N2O/c1-16-20(19-9-5-6-10-21(19)23-16)13-18-15-24(12-11-22(18)25)14-17-7-3-2-4-8-17/h2-10,13,23H,11-12,14-15H2,1H3/b18-13+. The Morgan fingerprint density at radius 1 is 1.08 bits per heavy atom. The minimum atomic E-state index is 0.272. The first-order chi connectivity index (χ1) is 12.2. The first-order valence-corrected chi connectivity index (χ1v) is 8.78. The molecule has 1 aliphatic heterocycles. The summed E-state index contributed by atoms with van der Waals surface area (Å²) in [4.78, 5) is 18.2. The van der Waals surface area contributed by atoms with Crippen LogP contribution in [0.15, 0.2) is 60.2 Å². The Kier molecular flexibility index (Phi) is 4.24. The zero-order valence-corrected chi connectivity index (χ0v) is 14.5. The molecule has 1 N–H and O–H groups in total. The highest BCUT2D eigenvalue weighted by molar-refractivity contribution is 6.03. The number of aromatic nitrogens is 1. The van der Waals surface area contributed by atoms with Gasteiger partial charge in [-0.3, -0.25) is 9.69 Å². The van der Waals surface area contributed by atoms with Gasteiger partial charge in [0.15, 0.2) is 5.78 Å². The normalized spacial score (nSPS) is 17.5. The second kappa shape index (κ2) is 6.69. The lowest BCUT2D eigenvalue weighted by molar-refractivity contribution is -0.117. The van der Waals surface area contributed by atoms with E-state index in [1.165, 1.54) is 10.9 Å². The molecule has 1 aliphatic rings. The number of carbonyl (C=O) groups is 1. The maximum absolute atomic E-state index is 12.5. The number of hydrogen-bond donors (Lipinski definition) is 1. The number of Topliss-reactive ketones (excluding diaryl/α,β-unsaturated/α-hetero) is 1. The highest BCUT2D eigenvalue weighted by atomic mass is 16.1. The van der Waals surface area contributed by atoms with E-state index in [1.807, 2.05) is 18.2 Å². The molecule has 0 atom stereocenters. The second-order valence-corrected chi connectivity index (χ2v) is 6.75. The van der Waals surface area contributed by atoms with E-state index in [9.17, 15) is 4.79 Å². The van der Waals surface area contributed by atoms with Gasteiger partial charge in [-0.2, -0.15) is 0 Å². The van der Waals surface area contributed by atoms with E-state index < -0.39 is 0 Å². The van der Waals surface area contributed by atoms with Crippen molar-refractivity contribution in [1.29, 1.82) is 0 Å². The average molecular weight is 330 g/mol. The molecule has 4 rings (SSSR count). The van der Waals surface area contributed by atoms with E-state index in [4.69, 9.17) is 0 Å². The van der Waals surface area contributed by atoms with E-state index >= 15 is 0 Å². The summed E-state index contributed by atoms with van der Waals surface area (Å²) >= 11 is 0. The van der Waals surface area contributed by atoms with Crippen molar-refractivity contribution in [2.75, 3.05) is 13.1 Å². The Morgan fingerprint density at radius 2 is 1.84 bits per heavy atom. The first kappa shape index (κ1) is 15.9. The predicted octanol–water partition coefficient (Wildman–Crippen LogP) is 4.33.